The molecule has 0 unspecified atom stereocenters. The Balaban J connectivity index is 1.48. The molecule has 3 aromatic rings. The van der Waals surface area contributed by atoms with Crippen LogP contribution in [0.15, 0.2) is 60.8 Å². The van der Waals surface area contributed by atoms with Gasteiger partial charge in [0.25, 0.3) is 0 Å². The van der Waals surface area contributed by atoms with Crippen molar-refractivity contribution in [1.29, 1.82) is 0 Å². The second-order valence-electron chi connectivity index (χ2n) is 6.71. The number of anilines is 2. The number of nitrogens with zero attached hydrogens (tertiary/aromatic N) is 2. The molecule has 0 spiro atoms. The first kappa shape index (κ1) is 17.0. The lowest BCUT2D eigenvalue weighted by molar-refractivity contribution is -0.125. The van der Waals surface area contributed by atoms with Crippen molar-refractivity contribution in [3.05, 3.63) is 66.4 Å². The maximum atomic E-state index is 12.6. The number of amides is 2. The second kappa shape index (κ2) is 7.07. The van der Waals surface area contributed by atoms with Gasteiger partial charge in [0.2, 0.25) is 11.8 Å². The molecule has 0 saturated heterocycles. The number of hydrogen-bond donors (Lipinski definition) is 2. The molecular formula is C21H20N4O2. The molecule has 0 aliphatic carbocycles. The molecule has 2 N–H and O–H groups in total. The molecule has 6 heteroatoms. The summed E-state index contributed by atoms with van der Waals surface area (Å²) in [6, 6.07) is 17.4. The van der Waals surface area contributed by atoms with Gasteiger partial charge in [0, 0.05) is 17.7 Å². The molecule has 1 aromatic heterocycles. The molecule has 2 heterocycles. The van der Waals surface area contributed by atoms with E-state index in [1.165, 1.54) is 0 Å². The van der Waals surface area contributed by atoms with Crippen molar-refractivity contribution in [1.82, 2.24) is 9.78 Å². The molecule has 2 amide bonds. The van der Waals surface area contributed by atoms with Crippen molar-refractivity contribution in [3.63, 3.8) is 0 Å². The highest BCUT2D eigenvalue weighted by Crippen LogP contribution is 2.31. The van der Waals surface area contributed by atoms with E-state index in [-0.39, 0.29) is 18.2 Å². The summed E-state index contributed by atoms with van der Waals surface area (Å²) in [5.74, 6) is -0.102. The van der Waals surface area contributed by atoms with Crippen LogP contribution in [0.2, 0.25) is 0 Å². The lowest BCUT2D eigenvalue weighted by atomic mass is 10.0. The van der Waals surface area contributed by atoms with E-state index in [4.69, 9.17) is 0 Å². The minimum absolute atomic E-state index is 0.111. The normalized spacial score (nSPS) is 15.7. The molecule has 0 radical (unpaired) electrons. The van der Waals surface area contributed by atoms with E-state index >= 15 is 0 Å². The lowest BCUT2D eigenvalue weighted by Crippen LogP contribution is -2.36. The zero-order valence-corrected chi connectivity index (χ0v) is 15.0. The van der Waals surface area contributed by atoms with E-state index in [9.17, 15) is 9.59 Å². The van der Waals surface area contributed by atoms with Gasteiger partial charge in [-0.25, -0.2) is 4.68 Å². The third-order valence-electron chi connectivity index (χ3n) is 4.78. The number of hydrogen-bond acceptors (Lipinski definition) is 3. The van der Waals surface area contributed by atoms with Crippen LogP contribution in [0, 0.1) is 12.8 Å². The summed E-state index contributed by atoms with van der Waals surface area (Å²) in [6.07, 6.45) is 1.86. The first-order valence-corrected chi connectivity index (χ1v) is 8.89. The van der Waals surface area contributed by atoms with Crippen molar-refractivity contribution in [2.75, 3.05) is 10.6 Å². The fraction of sp³-hybridized carbons (Fsp3) is 0.190. The SMILES string of the molecule is Cc1ccccc1NC(=O)C[C@@H]1Cn2ncc(-c3ccccc3)c2NC1=O. The summed E-state index contributed by atoms with van der Waals surface area (Å²) < 4.78 is 1.76. The Morgan fingerprint density at radius 2 is 1.93 bits per heavy atom. The predicted molar refractivity (Wildman–Crippen MR) is 104 cm³/mol. The van der Waals surface area contributed by atoms with Crippen molar-refractivity contribution >= 4 is 23.3 Å². The summed E-state index contributed by atoms with van der Waals surface area (Å²) in [6.45, 7) is 2.32. The van der Waals surface area contributed by atoms with E-state index in [1.54, 1.807) is 10.9 Å². The van der Waals surface area contributed by atoms with Crippen LogP contribution in [-0.2, 0) is 16.1 Å². The molecule has 1 aliphatic heterocycles. The maximum Gasteiger partial charge on any atom is 0.231 e. The van der Waals surface area contributed by atoms with Gasteiger partial charge in [0.05, 0.1) is 18.7 Å². The molecule has 1 aliphatic rings. The van der Waals surface area contributed by atoms with E-state index in [2.05, 4.69) is 15.7 Å². The standard InChI is InChI=1S/C21H20N4O2/c1-14-7-5-6-10-18(14)23-19(26)11-16-13-25-20(24-21(16)27)17(12-22-25)15-8-3-2-4-9-15/h2-10,12,16H,11,13H2,1H3,(H,23,26)(H,24,27)/t16-/m1/s1. The molecule has 0 saturated carbocycles. The first-order valence-electron chi connectivity index (χ1n) is 8.89. The van der Waals surface area contributed by atoms with Crippen molar-refractivity contribution < 1.29 is 9.59 Å². The molecule has 1 atom stereocenters. The summed E-state index contributed by atoms with van der Waals surface area (Å²) in [5.41, 5.74) is 3.63. The van der Waals surface area contributed by atoms with Gasteiger partial charge in [0.15, 0.2) is 0 Å². The Hall–Kier alpha value is -3.41. The van der Waals surface area contributed by atoms with Crippen LogP contribution in [0.1, 0.15) is 12.0 Å². The largest absolute Gasteiger partial charge is 0.326 e. The third kappa shape index (κ3) is 3.46. The van der Waals surface area contributed by atoms with Crippen LogP contribution in [0.5, 0.6) is 0 Å². The van der Waals surface area contributed by atoms with Crippen LogP contribution < -0.4 is 10.6 Å². The number of carbonyl (C=O) groups is 2. The van der Waals surface area contributed by atoms with E-state index in [1.807, 2.05) is 61.5 Å². The fourth-order valence-electron chi connectivity index (χ4n) is 3.29. The Morgan fingerprint density at radius 1 is 1.19 bits per heavy atom. The topological polar surface area (TPSA) is 76.0 Å². The van der Waals surface area contributed by atoms with Crippen molar-refractivity contribution in [2.45, 2.75) is 19.9 Å². The monoisotopic (exact) mass is 360 g/mol. The summed E-state index contributed by atoms with van der Waals surface area (Å²) in [7, 11) is 0. The summed E-state index contributed by atoms with van der Waals surface area (Å²) >= 11 is 0. The molecular weight excluding hydrogens is 340 g/mol. The number of fused-ring (bicyclic) bond motifs is 1. The van der Waals surface area contributed by atoms with Gasteiger partial charge < -0.3 is 10.6 Å². The molecule has 0 bridgehead atoms. The zero-order chi connectivity index (χ0) is 18.8. The number of para-hydroxylation sites is 1. The Kier molecular flexibility index (Phi) is 4.46. The average Bonchev–Trinajstić information content (AvgIpc) is 3.07. The van der Waals surface area contributed by atoms with Gasteiger partial charge in [-0.2, -0.15) is 5.10 Å². The number of rotatable bonds is 4. The molecule has 27 heavy (non-hydrogen) atoms. The lowest BCUT2D eigenvalue weighted by Gasteiger charge is -2.24. The van der Waals surface area contributed by atoms with Gasteiger partial charge in [-0.05, 0) is 24.1 Å². The van der Waals surface area contributed by atoms with Crippen LogP contribution >= 0.6 is 0 Å². The van der Waals surface area contributed by atoms with Crippen LogP contribution in [0.4, 0.5) is 11.5 Å². The van der Waals surface area contributed by atoms with Gasteiger partial charge in [-0.3, -0.25) is 9.59 Å². The van der Waals surface area contributed by atoms with E-state index in [0.717, 1.165) is 22.4 Å². The van der Waals surface area contributed by atoms with Crippen LogP contribution in [0.25, 0.3) is 11.1 Å². The highest BCUT2D eigenvalue weighted by molar-refractivity contribution is 6.00. The Morgan fingerprint density at radius 3 is 2.70 bits per heavy atom. The highest BCUT2D eigenvalue weighted by atomic mass is 16.2. The fourth-order valence-corrected chi connectivity index (χ4v) is 3.29. The minimum atomic E-state index is -0.454. The maximum absolute atomic E-state index is 12.6. The zero-order valence-electron chi connectivity index (χ0n) is 15.0. The average molecular weight is 360 g/mol. The number of nitrogens with one attached hydrogen (secondary N) is 2. The smallest absolute Gasteiger partial charge is 0.231 e. The highest BCUT2D eigenvalue weighted by Gasteiger charge is 2.30. The van der Waals surface area contributed by atoms with E-state index in [0.29, 0.717) is 12.4 Å². The molecule has 4 rings (SSSR count). The Bertz CT molecular complexity index is 994. The third-order valence-corrected chi connectivity index (χ3v) is 4.78. The number of carbonyl (C=O) groups excluding carboxylic acids is 2. The van der Waals surface area contributed by atoms with Gasteiger partial charge >= 0.3 is 0 Å². The predicted octanol–water partition coefficient (Wildman–Crippen LogP) is 3.46. The Labute approximate surface area is 157 Å². The van der Waals surface area contributed by atoms with Crippen LogP contribution in [0.3, 0.4) is 0 Å². The van der Waals surface area contributed by atoms with Gasteiger partial charge in [-0.1, -0.05) is 48.5 Å². The molecule has 136 valence electrons. The number of aromatic nitrogens is 2. The molecule has 6 nitrogen and oxygen atoms in total. The number of aryl methyl sites for hydroxylation is 1. The van der Waals surface area contributed by atoms with Gasteiger partial charge in [0.1, 0.15) is 5.82 Å². The summed E-state index contributed by atoms with van der Waals surface area (Å²) in [5, 5.41) is 10.2. The quantitative estimate of drug-likeness (QED) is 0.748. The summed E-state index contributed by atoms with van der Waals surface area (Å²) in [4.78, 5) is 25.0. The molecule has 2 aromatic carbocycles. The molecule has 0 fully saturated rings. The van der Waals surface area contributed by atoms with Crippen molar-refractivity contribution in [3.8, 4) is 11.1 Å². The van der Waals surface area contributed by atoms with Crippen molar-refractivity contribution in [2.24, 2.45) is 5.92 Å². The van der Waals surface area contributed by atoms with E-state index < -0.39 is 5.92 Å². The number of benzene rings is 2. The van der Waals surface area contributed by atoms with Gasteiger partial charge in [-0.15, -0.1) is 0 Å². The van der Waals surface area contributed by atoms with Crippen LogP contribution in [-0.4, -0.2) is 21.6 Å². The first-order chi connectivity index (χ1) is 13.1. The second-order valence-corrected chi connectivity index (χ2v) is 6.71. The minimum Gasteiger partial charge on any atom is -0.326 e.